The number of ether oxygens (including phenoxy) is 1. The predicted molar refractivity (Wildman–Crippen MR) is 44.6 cm³/mol. The van der Waals surface area contributed by atoms with Crippen LogP contribution in [0.3, 0.4) is 0 Å². The zero-order chi connectivity index (χ0) is 8.55. The van der Waals surface area contributed by atoms with Crippen molar-refractivity contribution in [2.75, 3.05) is 13.2 Å². The van der Waals surface area contributed by atoms with Gasteiger partial charge in [-0.3, -0.25) is 4.79 Å². The highest BCUT2D eigenvalue weighted by Gasteiger charge is 2.45. The van der Waals surface area contributed by atoms with E-state index in [0.717, 1.165) is 12.5 Å². The van der Waals surface area contributed by atoms with Gasteiger partial charge in [-0.2, -0.15) is 0 Å². The Morgan fingerprint density at radius 3 is 2.92 bits per heavy atom. The second-order valence-corrected chi connectivity index (χ2v) is 3.64. The summed E-state index contributed by atoms with van der Waals surface area (Å²) in [5.74, 6) is 1.27. The van der Waals surface area contributed by atoms with Gasteiger partial charge in [0.2, 0.25) is 0 Å². The first-order valence-electron chi connectivity index (χ1n) is 4.73. The van der Waals surface area contributed by atoms with Crippen LogP contribution in [-0.4, -0.2) is 25.2 Å². The molecule has 0 aromatic heterocycles. The molecule has 1 aliphatic heterocycles. The number of carbonyl (C=O) groups is 1. The number of rotatable bonds is 2. The fourth-order valence-electron chi connectivity index (χ4n) is 2.21. The van der Waals surface area contributed by atoms with E-state index in [4.69, 9.17) is 4.74 Å². The smallest absolute Gasteiger partial charge is 0.323 e. The van der Waals surface area contributed by atoms with Crippen molar-refractivity contribution in [2.24, 2.45) is 11.8 Å². The summed E-state index contributed by atoms with van der Waals surface area (Å²) in [4.78, 5) is 11.4. The first-order chi connectivity index (χ1) is 5.83. The molecule has 0 aromatic rings. The minimum Gasteiger partial charge on any atom is -0.465 e. The first kappa shape index (κ1) is 8.05. The van der Waals surface area contributed by atoms with Crippen molar-refractivity contribution in [2.45, 2.75) is 25.8 Å². The van der Waals surface area contributed by atoms with E-state index in [2.05, 4.69) is 5.32 Å². The van der Waals surface area contributed by atoms with Crippen LogP contribution in [0.5, 0.6) is 0 Å². The molecule has 2 fully saturated rings. The molecule has 1 saturated carbocycles. The third-order valence-electron chi connectivity index (χ3n) is 3.04. The lowest BCUT2D eigenvalue weighted by Gasteiger charge is -2.31. The molecule has 0 aromatic carbocycles. The van der Waals surface area contributed by atoms with Gasteiger partial charge in [0.1, 0.15) is 6.04 Å². The molecule has 3 heteroatoms. The van der Waals surface area contributed by atoms with Crippen LogP contribution in [0, 0.1) is 11.8 Å². The van der Waals surface area contributed by atoms with Crippen molar-refractivity contribution in [3.8, 4) is 0 Å². The van der Waals surface area contributed by atoms with E-state index in [-0.39, 0.29) is 12.0 Å². The minimum atomic E-state index is -0.0512. The van der Waals surface area contributed by atoms with Crippen LogP contribution in [0.25, 0.3) is 0 Å². The quantitative estimate of drug-likeness (QED) is 0.613. The molecule has 0 spiro atoms. The number of nitrogens with one attached hydrogen (secondary N) is 1. The van der Waals surface area contributed by atoms with Crippen molar-refractivity contribution < 1.29 is 9.53 Å². The number of esters is 1. The van der Waals surface area contributed by atoms with Crippen LogP contribution in [0.1, 0.15) is 19.8 Å². The number of hydrogen-bond acceptors (Lipinski definition) is 3. The molecule has 3 nitrogen and oxygen atoms in total. The molecular formula is C9H15NO2. The topological polar surface area (TPSA) is 38.3 Å². The maximum atomic E-state index is 11.4. The van der Waals surface area contributed by atoms with Gasteiger partial charge in [-0.05, 0) is 38.1 Å². The standard InChI is InChI=1S/C9H15NO2/c1-2-12-9(11)8-7-4-3-6(7)5-10-8/h6-8,10H,2-5H2,1H3/t6-,7-,8+/m0/s1. The van der Waals surface area contributed by atoms with Crippen molar-refractivity contribution >= 4 is 5.97 Å². The lowest BCUT2D eigenvalue weighted by atomic mass is 9.73. The minimum absolute atomic E-state index is 0.00343. The number of fused-ring (bicyclic) bond motifs is 1. The van der Waals surface area contributed by atoms with Crippen molar-refractivity contribution in [1.29, 1.82) is 0 Å². The molecule has 0 amide bonds. The summed E-state index contributed by atoms with van der Waals surface area (Å²) in [6, 6.07) is 0.00343. The van der Waals surface area contributed by atoms with Gasteiger partial charge >= 0.3 is 5.97 Å². The van der Waals surface area contributed by atoms with E-state index in [1.54, 1.807) is 0 Å². The number of carbonyl (C=O) groups excluding carboxylic acids is 1. The summed E-state index contributed by atoms with van der Waals surface area (Å²) in [6.45, 7) is 3.35. The second-order valence-electron chi connectivity index (χ2n) is 3.64. The van der Waals surface area contributed by atoms with Crippen molar-refractivity contribution in [3.63, 3.8) is 0 Å². The van der Waals surface area contributed by atoms with E-state index in [1.807, 2.05) is 6.92 Å². The Hall–Kier alpha value is -0.570. The normalized spacial score (nSPS) is 38.6. The van der Waals surface area contributed by atoms with Gasteiger partial charge in [-0.1, -0.05) is 0 Å². The lowest BCUT2D eigenvalue weighted by molar-refractivity contribution is -0.147. The van der Waals surface area contributed by atoms with Gasteiger partial charge in [0.15, 0.2) is 0 Å². The molecular weight excluding hydrogens is 154 g/mol. The molecule has 3 atom stereocenters. The molecule has 0 radical (unpaired) electrons. The van der Waals surface area contributed by atoms with Crippen LogP contribution < -0.4 is 5.32 Å². The van der Waals surface area contributed by atoms with Gasteiger partial charge in [-0.15, -0.1) is 0 Å². The Bertz CT molecular complexity index is 193. The maximum Gasteiger partial charge on any atom is 0.323 e. The Labute approximate surface area is 72.5 Å². The molecule has 1 heterocycles. The zero-order valence-electron chi connectivity index (χ0n) is 7.38. The Morgan fingerprint density at radius 1 is 1.58 bits per heavy atom. The van der Waals surface area contributed by atoms with Crippen LogP contribution in [0.15, 0.2) is 0 Å². The largest absolute Gasteiger partial charge is 0.465 e. The molecule has 2 aliphatic rings. The van der Waals surface area contributed by atoms with E-state index in [9.17, 15) is 4.79 Å². The van der Waals surface area contributed by atoms with Crippen LogP contribution >= 0.6 is 0 Å². The van der Waals surface area contributed by atoms with Crippen LogP contribution in [0.2, 0.25) is 0 Å². The van der Waals surface area contributed by atoms with E-state index in [0.29, 0.717) is 12.5 Å². The van der Waals surface area contributed by atoms with Gasteiger partial charge in [0.05, 0.1) is 6.61 Å². The molecule has 1 N–H and O–H groups in total. The van der Waals surface area contributed by atoms with E-state index >= 15 is 0 Å². The van der Waals surface area contributed by atoms with Crippen molar-refractivity contribution in [3.05, 3.63) is 0 Å². The van der Waals surface area contributed by atoms with Gasteiger partial charge in [0, 0.05) is 0 Å². The fraction of sp³-hybridized carbons (Fsp3) is 0.889. The average molecular weight is 169 g/mol. The Morgan fingerprint density at radius 2 is 2.42 bits per heavy atom. The highest BCUT2D eigenvalue weighted by molar-refractivity contribution is 5.76. The predicted octanol–water partition coefficient (Wildman–Crippen LogP) is 0.547. The third-order valence-corrected chi connectivity index (χ3v) is 3.04. The summed E-state index contributed by atoms with van der Waals surface area (Å²) in [5, 5.41) is 3.23. The van der Waals surface area contributed by atoms with Gasteiger partial charge in [-0.25, -0.2) is 0 Å². The fourth-order valence-corrected chi connectivity index (χ4v) is 2.21. The third kappa shape index (κ3) is 1.12. The maximum absolute atomic E-state index is 11.4. The van der Waals surface area contributed by atoms with Crippen molar-refractivity contribution in [1.82, 2.24) is 5.32 Å². The number of hydrogen-bond donors (Lipinski definition) is 1. The SMILES string of the molecule is CCOC(=O)[C@@H]1NC[C@@H]2CC[C@@H]21. The Kier molecular flexibility index (Phi) is 2.05. The van der Waals surface area contributed by atoms with E-state index in [1.165, 1.54) is 12.8 Å². The molecule has 12 heavy (non-hydrogen) atoms. The monoisotopic (exact) mass is 169 g/mol. The molecule has 0 bridgehead atoms. The highest BCUT2D eigenvalue weighted by Crippen LogP contribution is 2.40. The highest BCUT2D eigenvalue weighted by atomic mass is 16.5. The van der Waals surface area contributed by atoms with Crippen LogP contribution in [-0.2, 0) is 9.53 Å². The Balaban J connectivity index is 1.91. The average Bonchev–Trinajstić information content (AvgIpc) is 2.27. The molecule has 1 aliphatic carbocycles. The molecule has 0 unspecified atom stereocenters. The van der Waals surface area contributed by atoms with E-state index < -0.39 is 0 Å². The summed E-state index contributed by atoms with van der Waals surface area (Å²) in [6.07, 6.45) is 2.48. The molecule has 68 valence electrons. The summed E-state index contributed by atoms with van der Waals surface area (Å²) in [7, 11) is 0. The first-order valence-corrected chi connectivity index (χ1v) is 4.73. The molecule has 1 saturated heterocycles. The summed E-state index contributed by atoms with van der Waals surface area (Å²) < 4.78 is 4.98. The second kappa shape index (κ2) is 3.05. The van der Waals surface area contributed by atoms with Gasteiger partial charge in [0.25, 0.3) is 0 Å². The summed E-state index contributed by atoms with van der Waals surface area (Å²) >= 11 is 0. The zero-order valence-corrected chi connectivity index (χ0v) is 7.38. The summed E-state index contributed by atoms with van der Waals surface area (Å²) in [5.41, 5.74) is 0. The lowest BCUT2D eigenvalue weighted by Crippen LogP contribution is -2.39. The molecule has 2 rings (SSSR count). The van der Waals surface area contributed by atoms with Gasteiger partial charge < -0.3 is 10.1 Å². The van der Waals surface area contributed by atoms with Crippen LogP contribution in [0.4, 0.5) is 0 Å².